The summed E-state index contributed by atoms with van der Waals surface area (Å²) in [5.41, 5.74) is 2.25. The van der Waals surface area contributed by atoms with Crippen LogP contribution in [0.15, 0.2) is 36.7 Å². The van der Waals surface area contributed by atoms with Crippen LogP contribution in [0.5, 0.6) is 5.75 Å². The maximum atomic E-state index is 6.05. The van der Waals surface area contributed by atoms with Crippen LogP contribution in [0, 0.1) is 11.8 Å². The first-order valence-corrected chi connectivity index (χ1v) is 12.8. The molecular formula is C28H42N2O. The average Bonchev–Trinajstić information content (AvgIpc) is 2.81. The summed E-state index contributed by atoms with van der Waals surface area (Å²) in [6.07, 6.45) is 21.4. The van der Waals surface area contributed by atoms with E-state index in [2.05, 4.69) is 48.1 Å². The van der Waals surface area contributed by atoms with Crippen molar-refractivity contribution in [1.29, 1.82) is 0 Å². The minimum Gasteiger partial charge on any atom is -0.494 e. The SMILES string of the molecule is CCCCCCC1CCCCC1CCCOc1ccc(-c2ncc(CCC)cn2)cc1. The van der Waals surface area contributed by atoms with E-state index in [9.17, 15) is 0 Å². The Hall–Kier alpha value is -1.90. The number of ether oxygens (including phenoxy) is 1. The largest absolute Gasteiger partial charge is 0.494 e. The second-order valence-corrected chi connectivity index (χ2v) is 9.33. The number of hydrogen-bond donors (Lipinski definition) is 0. The molecule has 0 spiro atoms. The highest BCUT2D eigenvalue weighted by Crippen LogP contribution is 2.36. The van der Waals surface area contributed by atoms with Crippen LogP contribution >= 0.6 is 0 Å². The Morgan fingerprint density at radius 3 is 2.13 bits per heavy atom. The summed E-state index contributed by atoms with van der Waals surface area (Å²) in [5, 5.41) is 0. The molecule has 0 bridgehead atoms. The van der Waals surface area contributed by atoms with Crippen molar-refractivity contribution < 1.29 is 4.74 Å². The van der Waals surface area contributed by atoms with Gasteiger partial charge < -0.3 is 4.74 Å². The molecule has 2 unspecified atom stereocenters. The molecular weight excluding hydrogens is 380 g/mol. The van der Waals surface area contributed by atoms with Crippen molar-refractivity contribution in [3.05, 3.63) is 42.2 Å². The molecule has 0 radical (unpaired) electrons. The summed E-state index contributed by atoms with van der Waals surface area (Å²) in [4.78, 5) is 9.02. The molecule has 170 valence electrons. The van der Waals surface area contributed by atoms with E-state index >= 15 is 0 Å². The number of benzene rings is 1. The first-order valence-electron chi connectivity index (χ1n) is 12.8. The molecule has 3 rings (SSSR count). The highest BCUT2D eigenvalue weighted by Gasteiger charge is 2.24. The zero-order valence-corrected chi connectivity index (χ0v) is 19.8. The van der Waals surface area contributed by atoms with E-state index in [0.717, 1.165) is 48.4 Å². The fourth-order valence-corrected chi connectivity index (χ4v) is 5.04. The topological polar surface area (TPSA) is 35.0 Å². The van der Waals surface area contributed by atoms with E-state index in [1.165, 1.54) is 76.2 Å². The number of hydrogen-bond acceptors (Lipinski definition) is 3. The summed E-state index contributed by atoms with van der Waals surface area (Å²) in [6, 6.07) is 8.24. The zero-order chi connectivity index (χ0) is 21.7. The summed E-state index contributed by atoms with van der Waals surface area (Å²) in [5.74, 6) is 3.63. The summed E-state index contributed by atoms with van der Waals surface area (Å²) in [6.45, 7) is 5.30. The number of aryl methyl sites for hydroxylation is 1. The summed E-state index contributed by atoms with van der Waals surface area (Å²) in [7, 11) is 0. The van der Waals surface area contributed by atoms with Gasteiger partial charge in [0.05, 0.1) is 6.61 Å². The third-order valence-electron chi connectivity index (χ3n) is 6.84. The minimum atomic E-state index is 0.786. The molecule has 0 saturated heterocycles. The highest BCUT2D eigenvalue weighted by molar-refractivity contribution is 5.55. The molecule has 1 aromatic heterocycles. The minimum absolute atomic E-state index is 0.786. The lowest BCUT2D eigenvalue weighted by Gasteiger charge is -2.31. The van der Waals surface area contributed by atoms with Crippen LogP contribution in [-0.4, -0.2) is 16.6 Å². The maximum Gasteiger partial charge on any atom is 0.159 e. The van der Waals surface area contributed by atoms with Crippen molar-refractivity contribution >= 4 is 0 Å². The second-order valence-electron chi connectivity index (χ2n) is 9.33. The van der Waals surface area contributed by atoms with Crippen LogP contribution < -0.4 is 4.74 Å². The molecule has 1 heterocycles. The summed E-state index contributed by atoms with van der Waals surface area (Å²) >= 11 is 0. The molecule has 2 atom stereocenters. The van der Waals surface area contributed by atoms with E-state index < -0.39 is 0 Å². The smallest absolute Gasteiger partial charge is 0.159 e. The van der Waals surface area contributed by atoms with Crippen molar-refractivity contribution in [2.75, 3.05) is 6.61 Å². The molecule has 1 saturated carbocycles. The van der Waals surface area contributed by atoms with E-state index in [-0.39, 0.29) is 0 Å². The Kier molecular flexibility index (Phi) is 10.3. The Bertz CT molecular complexity index is 726. The highest BCUT2D eigenvalue weighted by atomic mass is 16.5. The predicted molar refractivity (Wildman–Crippen MR) is 130 cm³/mol. The van der Waals surface area contributed by atoms with Crippen molar-refractivity contribution in [2.45, 2.75) is 97.3 Å². The third kappa shape index (κ3) is 7.94. The first kappa shape index (κ1) is 23.8. The lowest BCUT2D eigenvalue weighted by atomic mass is 9.74. The average molecular weight is 423 g/mol. The van der Waals surface area contributed by atoms with Gasteiger partial charge in [-0.25, -0.2) is 9.97 Å². The van der Waals surface area contributed by atoms with Gasteiger partial charge in [-0.1, -0.05) is 78.1 Å². The van der Waals surface area contributed by atoms with E-state index in [4.69, 9.17) is 4.74 Å². The predicted octanol–water partition coefficient (Wildman–Crippen LogP) is 8.03. The molecule has 0 aliphatic heterocycles. The van der Waals surface area contributed by atoms with Crippen molar-refractivity contribution in [2.24, 2.45) is 11.8 Å². The fraction of sp³-hybridized carbons (Fsp3) is 0.643. The first-order chi connectivity index (χ1) is 15.3. The molecule has 1 aromatic carbocycles. The molecule has 31 heavy (non-hydrogen) atoms. The van der Waals surface area contributed by atoms with Crippen molar-refractivity contribution in [3.63, 3.8) is 0 Å². The van der Waals surface area contributed by atoms with Crippen LogP contribution in [0.3, 0.4) is 0 Å². The van der Waals surface area contributed by atoms with E-state index in [1.54, 1.807) is 0 Å². The Balaban J connectivity index is 1.39. The quantitative estimate of drug-likeness (QED) is 0.306. The Morgan fingerprint density at radius 2 is 1.48 bits per heavy atom. The van der Waals surface area contributed by atoms with Gasteiger partial charge in [-0.15, -0.1) is 0 Å². The zero-order valence-electron chi connectivity index (χ0n) is 19.8. The number of nitrogens with zero attached hydrogens (tertiary/aromatic N) is 2. The molecule has 0 N–H and O–H groups in total. The molecule has 1 aliphatic rings. The maximum absolute atomic E-state index is 6.05. The molecule has 3 nitrogen and oxygen atoms in total. The third-order valence-corrected chi connectivity index (χ3v) is 6.84. The van der Waals surface area contributed by atoms with Crippen molar-refractivity contribution in [3.8, 4) is 17.1 Å². The Labute approximate surface area is 190 Å². The van der Waals surface area contributed by atoms with Crippen LogP contribution in [0.1, 0.15) is 96.5 Å². The molecule has 1 fully saturated rings. The van der Waals surface area contributed by atoms with Gasteiger partial charge in [0, 0.05) is 18.0 Å². The summed E-state index contributed by atoms with van der Waals surface area (Å²) < 4.78 is 6.05. The van der Waals surface area contributed by atoms with Crippen LogP contribution in [0.2, 0.25) is 0 Å². The standard InChI is InChI=1S/C28H42N2O/c1-3-5-6-7-12-24-13-8-9-14-25(24)15-10-20-31-27-18-16-26(17-19-27)28-29-21-23(11-4-2)22-30-28/h16-19,21-22,24-25H,3-15,20H2,1-2H3. The normalized spacial score (nSPS) is 18.8. The van der Waals surface area contributed by atoms with Gasteiger partial charge in [0.2, 0.25) is 0 Å². The van der Waals surface area contributed by atoms with Gasteiger partial charge in [0.15, 0.2) is 5.82 Å². The van der Waals surface area contributed by atoms with Gasteiger partial charge in [0.25, 0.3) is 0 Å². The molecule has 0 amide bonds. The lowest BCUT2D eigenvalue weighted by Crippen LogP contribution is -2.20. The van der Waals surface area contributed by atoms with Gasteiger partial charge in [-0.2, -0.15) is 0 Å². The van der Waals surface area contributed by atoms with Gasteiger partial charge >= 0.3 is 0 Å². The van der Waals surface area contributed by atoms with Crippen LogP contribution in [0.25, 0.3) is 11.4 Å². The monoisotopic (exact) mass is 422 g/mol. The van der Waals surface area contributed by atoms with Gasteiger partial charge in [-0.3, -0.25) is 0 Å². The van der Waals surface area contributed by atoms with Crippen molar-refractivity contribution in [1.82, 2.24) is 9.97 Å². The number of unbranched alkanes of at least 4 members (excludes halogenated alkanes) is 3. The second kappa shape index (κ2) is 13.5. The fourth-order valence-electron chi connectivity index (χ4n) is 5.04. The van der Waals surface area contributed by atoms with E-state index in [0.29, 0.717) is 0 Å². The van der Waals surface area contributed by atoms with E-state index in [1.807, 2.05) is 12.4 Å². The van der Waals surface area contributed by atoms with Crippen LogP contribution in [0.4, 0.5) is 0 Å². The molecule has 3 heteroatoms. The molecule has 1 aliphatic carbocycles. The van der Waals surface area contributed by atoms with Gasteiger partial charge in [0.1, 0.15) is 5.75 Å². The van der Waals surface area contributed by atoms with Crippen LogP contribution in [-0.2, 0) is 6.42 Å². The number of rotatable bonds is 13. The molecule has 2 aromatic rings. The number of aromatic nitrogens is 2. The Morgan fingerprint density at radius 1 is 0.806 bits per heavy atom. The van der Waals surface area contributed by atoms with Gasteiger partial charge in [-0.05, 0) is 60.9 Å². The lowest BCUT2D eigenvalue weighted by molar-refractivity contribution is 0.190.